The second-order valence-corrected chi connectivity index (χ2v) is 3.69. The number of nitrogens with zero attached hydrogens (tertiary/aromatic N) is 1. The van der Waals surface area contributed by atoms with Crippen LogP contribution in [0.15, 0.2) is 6.07 Å². The molecular formula is C10H9F3N2O3. The first-order valence-corrected chi connectivity index (χ1v) is 4.73. The smallest absolute Gasteiger partial charge is 0.366 e. The Labute approximate surface area is 99.5 Å². The van der Waals surface area contributed by atoms with Gasteiger partial charge < -0.3 is 5.73 Å². The molecular weight excluding hydrogens is 253 g/mol. The highest BCUT2D eigenvalue weighted by molar-refractivity contribution is 5.96. The second-order valence-electron chi connectivity index (χ2n) is 3.69. The molecule has 2 N–H and O–H groups in total. The first-order valence-electron chi connectivity index (χ1n) is 4.73. The number of primary amides is 1. The Balaban J connectivity index is 3.78. The SMILES string of the molecule is Cc1c(C(N)=O)cc(C(F)(F)F)c(C)c1[N+](=O)[O-]. The maximum atomic E-state index is 12.7. The molecule has 0 atom stereocenters. The summed E-state index contributed by atoms with van der Waals surface area (Å²) in [5.41, 5.74) is 1.75. The molecule has 0 aliphatic rings. The number of nitro groups is 1. The van der Waals surface area contributed by atoms with E-state index in [0.717, 1.165) is 6.92 Å². The van der Waals surface area contributed by atoms with Crippen LogP contribution in [0.1, 0.15) is 27.0 Å². The van der Waals surface area contributed by atoms with Gasteiger partial charge in [-0.1, -0.05) is 0 Å². The van der Waals surface area contributed by atoms with Crippen molar-refractivity contribution in [2.75, 3.05) is 0 Å². The second kappa shape index (κ2) is 4.28. The first-order chi connectivity index (χ1) is 8.07. The molecule has 0 heterocycles. The summed E-state index contributed by atoms with van der Waals surface area (Å²) >= 11 is 0. The van der Waals surface area contributed by atoms with Crippen LogP contribution in [0.3, 0.4) is 0 Å². The van der Waals surface area contributed by atoms with Gasteiger partial charge in [-0.05, 0) is 19.9 Å². The molecule has 0 unspecified atom stereocenters. The number of carbonyl (C=O) groups is 1. The lowest BCUT2D eigenvalue weighted by atomic mass is 9.96. The predicted molar refractivity (Wildman–Crippen MR) is 56.1 cm³/mol. The number of amides is 1. The fraction of sp³-hybridized carbons (Fsp3) is 0.300. The highest BCUT2D eigenvalue weighted by Gasteiger charge is 2.37. The molecule has 0 saturated heterocycles. The van der Waals surface area contributed by atoms with Gasteiger partial charge in [0.05, 0.1) is 10.5 Å². The lowest BCUT2D eigenvalue weighted by Gasteiger charge is -2.13. The van der Waals surface area contributed by atoms with Crippen LogP contribution in [0, 0.1) is 24.0 Å². The summed E-state index contributed by atoms with van der Waals surface area (Å²) in [5, 5.41) is 10.8. The van der Waals surface area contributed by atoms with Crippen molar-refractivity contribution in [3.8, 4) is 0 Å². The molecule has 1 aromatic rings. The lowest BCUT2D eigenvalue weighted by molar-refractivity contribution is -0.386. The monoisotopic (exact) mass is 262 g/mol. The maximum absolute atomic E-state index is 12.7. The molecule has 0 saturated carbocycles. The zero-order valence-corrected chi connectivity index (χ0v) is 9.46. The molecule has 0 radical (unpaired) electrons. The van der Waals surface area contributed by atoms with Crippen LogP contribution in [-0.2, 0) is 6.18 Å². The topological polar surface area (TPSA) is 86.2 Å². The number of nitrogens with two attached hydrogens (primary N) is 1. The van der Waals surface area contributed by atoms with E-state index < -0.39 is 39.4 Å². The highest BCUT2D eigenvalue weighted by atomic mass is 19.4. The summed E-state index contributed by atoms with van der Waals surface area (Å²) in [6, 6.07) is 0.542. The predicted octanol–water partition coefficient (Wildman–Crippen LogP) is 2.33. The number of alkyl halides is 3. The summed E-state index contributed by atoms with van der Waals surface area (Å²) in [7, 11) is 0. The van der Waals surface area contributed by atoms with Gasteiger partial charge in [0.2, 0.25) is 5.91 Å². The van der Waals surface area contributed by atoms with Crippen LogP contribution in [-0.4, -0.2) is 10.8 Å². The quantitative estimate of drug-likeness (QED) is 0.655. The normalized spacial score (nSPS) is 11.4. The molecule has 1 rings (SSSR count). The molecule has 0 bridgehead atoms. The molecule has 0 aliphatic carbocycles. The van der Waals surface area contributed by atoms with E-state index in [1.54, 1.807) is 0 Å². The molecule has 5 nitrogen and oxygen atoms in total. The van der Waals surface area contributed by atoms with Gasteiger partial charge in [-0.25, -0.2) is 0 Å². The Morgan fingerprint density at radius 2 is 1.83 bits per heavy atom. The van der Waals surface area contributed by atoms with E-state index in [1.807, 2.05) is 0 Å². The molecule has 1 aromatic carbocycles. The third-order valence-corrected chi connectivity index (χ3v) is 2.56. The minimum absolute atomic E-state index is 0.169. The zero-order valence-electron chi connectivity index (χ0n) is 9.46. The van der Waals surface area contributed by atoms with E-state index in [9.17, 15) is 28.1 Å². The summed E-state index contributed by atoms with van der Waals surface area (Å²) in [6.45, 7) is 2.17. The summed E-state index contributed by atoms with van der Waals surface area (Å²) in [5.74, 6) is -1.14. The minimum atomic E-state index is -4.78. The van der Waals surface area contributed by atoms with E-state index in [-0.39, 0.29) is 5.56 Å². The number of halogens is 3. The van der Waals surface area contributed by atoms with Crippen molar-refractivity contribution in [1.82, 2.24) is 0 Å². The van der Waals surface area contributed by atoms with Gasteiger partial charge in [0.1, 0.15) is 0 Å². The average Bonchev–Trinajstić information content (AvgIpc) is 2.13. The van der Waals surface area contributed by atoms with Crippen molar-refractivity contribution >= 4 is 11.6 Å². The van der Waals surface area contributed by atoms with E-state index >= 15 is 0 Å². The lowest BCUT2D eigenvalue weighted by Crippen LogP contribution is -2.18. The van der Waals surface area contributed by atoms with Gasteiger partial charge in [-0.3, -0.25) is 14.9 Å². The zero-order chi connectivity index (χ0) is 14.2. The third kappa shape index (κ3) is 2.27. The van der Waals surface area contributed by atoms with Crippen LogP contribution >= 0.6 is 0 Å². The Morgan fingerprint density at radius 1 is 1.33 bits per heavy atom. The van der Waals surface area contributed by atoms with Gasteiger partial charge >= 0.3 is 6.18 Å². The Kier molecular flexibility index (Phi) is 3.32. The van der Waals surface area contributed by atoms with Gasteiger partial charge in [-0.15, -0.1) is 0 Å². The summed E-state index contributed by atoms with van der Waals surface area (Å²) in [4.78, 5) is 20.8. The molecule has 1 amide bonds. The van der Waals surface area contributed by atoms with Crippen LogP contribution in [0.2, 0.25) is 0 Å². The van der Waals surface area contributed by atoms with Crippen LogP contribution < -0.4 is 5.73 Å². The first kappa shape index (κ1) is 13.9. The molecule has 18 heavy (non-hydrogen) atoms. The van der Waals surface area contributed by atoms with Crippen molar-refractivity contribution < 1.29 is 22.9 Å². The van der Waals surface area contributed by atoms with Crippen molar-refractivity contribution in [2.24, 2.45) is 5.73 Å². The number of carbonyl (C=O) groups excluding carboxylic acids is 1. The van der Waals surface area contributed by atoms with Gasteiger partial charge in [-0.2, -0.15) is 13.2 Å². The fourth-order valence-corrected chi connectivity index (χ4v) is 1.72. The van der Waals surface area contributed by atoms with Gasteiger partial charge in [0.25, 0.3) is 5.69 Å². The van der Waals surface area contributed by atoms with Crippen LogP contribution in [0.5, 0.6) is 0 Å². The van der Waals surface area contributed by atoms with Gasteiger partial charge in [0, 0.05) is 16.7 Å². The highest BCUT2D eigenvalue weighted by Crippen LogP contribution is 2.38. The number of hydrogen-bond donors (Lipinski definition) is 1. The van der Waals surface area contributed by atoms with Gasteiger partial charge in [0.15, 0.2) is 0 Å². The number of benzene rings is 1. The summed E-state index contributed by atoms with van der Waals surface area (Å²) in [6.07, 6.45) is -4.78. The van der Waals surface area contributed by atoms with Crippen molar-refractivity contribution in [1.29, 1.82) is 0 Å². The molecule has 98 valence electrons. The third-order valence-electron chi connectivity index (χ3n) is 2.56. The van der Waals surface area contributed by atoms with Crippen molar-refractivity contribution in [3.05, 3.63) is 38.4 Å². The standard InChI is InChI=1S/C10H9F3N2O3/c1-4-6(9(14)16)3-7(10(11,12)13)5(2)8(4)15(17)18/h3H,1-2H3,(H2,14,16). The fourth-order valence-electron chi connectivity index (χ4n) is 1.72. The van der Waals surface area contributed by atoms with E-state index in [2.05, 4.69) is 0 Å². The largest absolute Gasteiger partial charge is 0.416 e. The van der Waals surface area contributed by atoms with E-state index in [0.29, 0.717) is 6.07 Å². The molecule has 8 heteroatoms. The Morgan fingerprint density at radius 3 is 2.17 bits per heavy atom. The van der Waals surface area contributed by atoms with Crippen molar-refractivity contribution in [2.45, 2.75) is 20.0 Å². The minimum Gasteiger partial charge on any atom is -0.366 e. The van der Waals surface area contributed by atoms with Crippen molar-refractivity contribution in [3.63, 3.8) is 0 Å². The maximum Gasteiger partial charge on any atom is 0.416 e. The Hall–Kier alpha value is -2.12. The molecule has 0 spiro atoms. The van der Waals surface area contributed by atoms with E-state index in [1.165, 1.54) is 6.92 Å². The Bertz CT molecular complexity index is 538. The molecule has 0 aromatic heterocycles. The molecule has 0 aliphatic heterocycles. The number of rotatable bonds is 2. The van der Waals surface area contributed by atoms with Crippen LogP contribution in [0.4, 0.5) is 18.9 Å². The molecule has 0 fully saturated rings. The average molecular weight is 262 g/mol. The number of hydrogen-bond acceptors (Lipinski definition) is 3. The van der Waals surface area contributed by atoms with Crippen LogP contribution in [0.25, 0.3) is 0 Å². The number of nitro benzene ring substituents is 1. The summed E-state index contributed by atoms with van der Waals surface area (Å²) < 4.78 is 38.1. The van der Waals surface area contributed by atoms with E-state index in [4.69, 9.17) is 5.73 Å².